The van der Waals surface area contributed by atoms with Gasteiger partial charge in [0.15, 0.2) is 16.3 Å². The molecule has 0 aliphatic carbocycles. The maximum absolute atomic E-state index is 13.5. The van der Waals surface area contributed by atoms with Crippen molar-refractivity contribution in [2.24, 2.45) is 4.99 Å². The van der Waals surface area contributed by atoms with Crippen molar-refractivity contribution in [2.75, 3.05) is 13.2 Å². The summed E-state index contributed by atoms with van der Waals surface area (Å²) in [6.45, 7) is 7.01. The van der Waals surface area contributed by atoms with Crippen LogP contribution in [0.1, 0.15) is 45.1 Å². The summed E-state index contributed by atoms with van der Waals surface area (Å²) in [6.07, 6.45) is 3.16. The van der Waals surface area contributed by atoms with Crippen LogP contribution in [0.5, 0.6) is 11.5 Å². The van der Waals surface area contributed by atoms with Crippen LogP contribution in [0.25, 0.3) is 6.08 Å². The topological polar surface area (TPSA) is 109 Å². The lowest BCUT2D eigenvalue weighted by Gasteiger charge is -2.25. The summed E-state index contributed by atoms with van der Waals surface area (Å²) in [5, 5.41) is 0. The second-order valence-corrected chi connectivity index (χ2v) is 8.56. The number of ether oxygens (including phenoxy) is 3. The fourth-order valence-electron chi connectivity index (χ4n) is 3.81. The number of carbonyl (C=O) groups excluding carboxylic acids is 2. The Hall–Kier alpha value is -3.92. The van der Waals surface area contributed by atoms with Crippen molar-refractivity contribution in [2.45, 2.75) is 33.7 Å². The molecule has 0 radical (unpaired) electrons. The van der Waals surface area contributed by atoms with E-state index in [0.29, 0.717) is 38.7 Å². The Bertz CT molecular complexity index is 1480. The summed E-state index contributed by atoms with van der Waals surface area (Å²) >= 11 is 1.20. The fraction of sp³-hybridized carbons (Fsp3) is 0.280. The highest BCUT2D eigenvalue weighted by atomic mass is 32.1. The molecule has 3 heterocycles. The molecule has 0 amide bonds. The van der Waals surface area contributed by atoms with E-state index in [-0.39, 0.29) is 23.5 Å². The first kappa shape index (κ1) is 24.2. The van der Waals surface area contributed by atoms with Gasteiger partial charge in [-0.3, -0.25) is 14.2 Å². The molecule has 4 rings (SSSR count). The Morgan fingerprint density at radius 2 is 2.00 bits per heavy atom. The van der Waals surface area contributed by atoms with E-state index in [2.05, 4.69) is 4.99 Å². The molecule has 3 aromatic rings. The third kappa shape index (κ3) is 4.83. The quantitative estimate of drug-likeness (QED) is 0.365. The van der Waals surface area contributed by atoms with E-state index in [9.17, 15) is 14.4 Å². The standard InChI is InChI=1S/C25H24N2O7S/c1-5-31-19-12-16(9-10-18(19)34-15(4)28)22-21(24(30)32-6-2)14(3)26-25-27(22)23(29)20(35-25)13-17-8-7-11-33-17/h7-13,22H,5-6H2,1-4H3/b20-13-/t22-/m1/s1. The molecule has 1 aromatic carbocycles. The predicted molar refractivity (Wildman–Crippen MR) is 128 cm³/mol. The molecule has 182 valence electrons. The summed E-state index contributed by atoms with van der Waals surface area (Å²) in [5.41, 5.74) is 0.937. The Balaban J connectivity index is 1.95. The molecule has 0 N–H and O–H groups in total. The summed E-state index contributed by atoms with van der Waals surface area (Å²) < 4.78 is 23.5. The van der Waals surface area contributed by atoms with E-state index in [1.807, 2.05) is 0 Å². The summed E-state index contributed by atoms with van der Waals surface area (Å²) in [5.74, 6) is 0.0219. The third-order valence-electron chi connectivity index (χ3n) is 5.17. The zero-order chi connectivity index (χ0) is 25.1. The second kappa shape index (κ2) is 10.1. The molecule has 2 aromatic heterocycles. The van der Waals surface area contributed by atoms with Gasteiger partial charge in [0.2, 0.25) is 0 Å². The average molecular weight is 497 g/mol. The minimum Gasteiger partial charge on any atom is -0.490 e. The third-order valence-corrected chi connectivity index (χ3v) is 6.15. The van der Waals surface area contributed by atoms with Crippen LogP contribution < -0.4 is 24.4 Å². The van der Waals surface area contributed by atoms with Crippen molar-refractivity contribution in [1.29, 1.82) is 0 Å². The second-order valence-electron chi connectivity index (χ2n) is 7.55. The number of hydrogen-bond acceptors (Lipinski definition) is 9. The zero-order valence-corrected chi connectivity index (χ0v) is 20.5. The number of carbonyl (C=O) groups is 2. The van der Waals surface area contributed by atoms with Crippen LogP contribution in [0, 0.1) is 0 Å². The molecule has 0 saturated carbocycles. The maximum atomic E-state index is 13.5. The molecule has 0 spiro atoms. The van der Waals surface area contributed by atoms with Crippen LogP contribution in [0.2, 0.25) is 0 Å². The van der Waals surface area contributed by atoms with Gasteiger partial charge in [-0.2, -0.15) is 0 Å². The molecule has 35 heavy (non-hydrogen) atoms. The smallest absolute Gasteiger partial charge is 0.338 e. The van der Waals surface area contributed by atoms with E-state index in [1.165, 1.54) is 29.1 Å². The Morgan fingerprint density at radius 1 is 1.20 bits per heavy atom. The van der Waals surface area contributed by atoms with Crippen molar-refractivity contribution in [3.63, 3.8) is 0 Å². The number of allylic oxidation sites excluding steroid dienone is 1. The average Bonchev–Trinajstić information content (AvgIpc) is 3.42. The lowest BCUT2D eigenvalue weighted by Crippen LogP contribution is -2.40. The Labute approximate surface area is 204 Å². The number of benzene rings is 1. The van der Waals surface area contributed by atoms with E-state index in [1.54, 1.807) is 57.2 Å². The van der Waals surface area contributed by atoms with Gasteiger partial charge in [-0.25, -0.2) is 9.79 Å². The number of nitrogens with zero attached hydrogens (tertiary/aromatic N) is 2. The van der Waals surface area contributed by atoms with Gasteiger partial charge < -0.3 is 18.6 Å². The van der Waals surface area contributed by atoms with Crippen LogP contribution in [-0.4, -0.2) is 29.7 Å². The molecule has 1 aliphatic rings. The van der Waals surface area contributed by atoms with E-state index < -0.39 is 18.0 Å². The predicted octanol–water partition coefficient (Wildman–Crippen LogP) is 2.72. The minimum absolute atomic E-state index is 0.167. The number of hydrogen-bond donors (Lipinski definition) is 0. The lowest BCUT2D eigenvalue weighted by atomic mass is 9.95. The molecule has 0 fully saturated rings. The van der Waals surface area contributed by atoms with Crippen molar-refractivity contribution in [3.05, 3.63) is 78.9 Å². The normalized spacial score (nSPS) is 15.4. The van der Waals surface area contributed by atoms with E-state index in [0.717, 1.165) is 0 Å². The number of rotatable bonds is 7. The fourth-order valence-corrected chi connectivity index (χ4v) is 4.84. The largest absolute Gasteiger partial charge is 0.490 e. The molecular formula is C25H24N2O7S. The number of furan rings is 1. The van der Waals surface area contributed by atoms with E-state index in [4.69, 9.17) is 18.6 Å². The number of fused-ring (bicyclic) bond motifs is 1. The maximum Gasteiger partial charge on any atom is 0.338 e. The summed E-state index contributed by atoms with van der Waals surface area (Å²) in [6, 6.07) is 7.58. The molecular weight excluding hydrogens is 472 g/mol. The number of esters is 2. The molecule has 0 saturated heterocycles. The van der Waals surface area contributed by atoms with Gasteiger partial charge in [0.05, 0.1) is 41.3 Å². The zero-order valence-electron chi connectivity index (χ0n) is 19.7. The SMILES string of the molecule is CCOC(=O)C1=C(C)N=c2s/c(=C\c3ccco3)c(=O)n2[C@@H]1c1ccc(OC(C)=O)c(OCC)c1. The van der Waals surface area contributed by atoms with Crippen LogP contribution in [-0.2, 0) is 14.3 Å². The molecule has 1 aliphatic heterocycles. The molecule has 0 unspecified atom stereocenters. The van der Waals surface area contributed by atoms with Crippen LogP contribution in [0.4, 0.5) is 0 Å². The number of thiazole rings is 1. The van der Waals surface area contributed by atoms with Crippen molar-refractivity contribution in [3.8, 4) is 11.5 Å². The Morgan fingerprint density at radius 3 is 2.66 bits per heavy atom. The van der Waals surface area contributed by atoms with Gasteiger partial charge in [-0.1, -0.05) is 17.4 Å². The van der Waals surface area contributed by atoms with Gasteiger partial charge in [0.25, 0.3) is 5.56 Å². The van der Waals surface area contributed by atoms with Crippen LogP contribution in [0.15, 0.2) is 62.1 Å². The first-order chi connectivity index (χ1) is 16.8. The number of aromatic nitrogens is 1. The van der Waals surface area contributed by atoms with Crippen molar-refractivity contribution < 1.29 is 28.2 Å². The first-order valence-corrected chi connectivity index (χ1v) is 11.8. The van der Waals surface area contributed by atoms with Crippen LogP contribution >= 0.6 is 11.3 Å². The summed E-state index contributed by atoms with van der Waals surface area (Å²) in [7, 11) is 0. The van der Waals surface area contributed by atoms with Crippen molar-refractivity contribution in [1.82, 2.24) is 4.57 Å². The van der Waals surface area contributed by atoms with Gasteiger partial charge >= 0.3 is 11.9 Å². The lowest BCUT2D eigenvalue weighted by molar-refractivity contribution is -0.139. The highest BCUT2D eigenvalue weighted by Gasteiger charge is 2.34. The minimum atomic E-state index is -0.824. The van der Waals surface area contributed by atoms with E-state index >= 15 is 0 Å². The highest BCUT2D eigenvalue weighted by molar-refractivity contribution is 7.07. The highest BCUT2D eigenvalue weighted by Crippen LogP contribution is 2.36. The van der Waals surface area contributed by atoms with Gasteiger partial charge in [0.1, 0.15) is 5.76 Å². The molecule has 10 heteroatoms. The molecule has 0 bridgehead atoms. The first-order valence-electron chi connectivity index (χ1n) is 11.0. The monoisotopic (exact) mass is 496 g/mol. The van der Waals surface area contributed by atoms with Crippen LogP contribution in [0.3, 0.4) is 0 Å². The van der Waals surface area contributed by atoms with Gasteiger partial charge in [-0.15, -0.1) is 0 Å². The van der Waals surface area contributed by atoms with Crippen molar-refractivity contribution >= 4 is 29.4 Å². The van der Waals surface area contributed by atoms with Gasteiger partial charge in [0, 0.05) is 13.0 Å². The molecule has 1 atom stereocenters. The summed E-state index contributed by atoms with van der Waals surface area (Å²) in [4.78, 5) is 43.1. The Kier molecular flexibility index (Phi) is 7.02. The molecule has 9 nitrogen and oxygen atoms in total. The van der Waals surface area contributed by atoms with Gasteiger partial charge in [-0.05, 0) is 50.6 Å².